The molecule has 0 radical (unpaired) electrons. The molecule has 1 aromatic carbocycles. The van der Waals surface area contributed by atoms with Gasteiger partial charge < -0.3 is 15.3 Å². The Labute approximate surface area is 124 Å². The average Bonchev–Trinajstić information content (AvgIpc) is 2.47. The number of anilines is 1. The van der Waals surface area contributed by atoms with Gasteiger partial charge >= 0.3 is 5.97 Å². The second-order valence-electron chi connectivity index (χ2n) is 5.06. The number of carboxylic acids is 1. The number of rotatable bonds is 5. The molecule has 7 heteroatoms. The lowest BCUT2D eigenvalue weighted by atomic mass is 10.1. The molecule has 1 heterocycles. The third-order valence-electron chi connectivity index (χ3n) is 3.53. The van der Waals surface area contributed by atoms with E-state index in [2.05, 4.69) is 5.32 Å². The monoisotopic (exact) mass is 312 g/mol. The molecule has 21 heavy (non-hydrogen) atoms. The average molecular weight is 312 g/mol. The highest BCUT2D eigenvalue weighted by molar-refractivity contribution is 7.91. The fourth-order valence-electron chi connectivity index (χ4n) is 2.47. The summed E-state index contributed by atoms with van der Waals surface area (Å²) < 4.78 is 23.9. The number of carbonyl (C=O) groups is 1. The van der Waals surface area contributed by atoms with Crippen molar-refractivity contribution in [3.63, 3.8) is 0 Å². The van der Waals surface area contributed by atoms with Gasteiger partial charge in [-0.1, -0.05) is 6.92 Å². The normalized spacial score (nSPS) is 19.5. The number of benzene rings is 1. The molecule has 1 saturated heterocycles. The SMILES string of the molecule is CCCS(=O)(=O)c1ccc(N2CCNCC2C(=O)O)cc1. The van der Waals surface area contributed by atoms with Gasteiger partial charge in [0.1, 0.15) is 6.04 Å². The van der Waals surface area contributed by atoms with Crippen molar-refractivity contribution in [2.24, 2.45) is 0 Å². The Balaban J connectivity index is 2.24. The van der Waals surface area contributed by atoms with E-state index < -0.39 is 21.8 Å². The third kappa shape index (κ3) is 3.54. The van der Waals surface area contributed by atoms with E-state index in [1.54, 1.807) is 29.2 Å². The Hall–Kier alpha value is -1.60. The molecule has 2 rings (SSSR count). The third-order valence-corrected chi connectivity index (χ3v) is 5.46. The highest BCUT2D eigenvalue weighted by Gasteiger charge is 2.28. The molecule has 1 unspecified atom stereocenters. The summed E-state index contributed by atoms with van der Waals surface area (Å²) in [4.78, 5) is 13.3. The van der Waals surface area contributed by atoms with Crippen molar-refractivity contribution < 1.29 is 18.3 Å². The van der Waals surface area contributed by atoms with E-state index >= 15 is 0 Å². The number of aliphatic carboxylic acids is 1. The molecule has 1 aliphatic rings. The maximum absolute atomic E-state index is 12.0. The molecule has 0 bridgehead atoms. The number of hydrogen-bond acceptors (Lipinski definition) is 5. The van der Waals surface area contributed by atoms with Gasteiger partial charge in [-0.15, -0.1) is 0 Å². The van der Waals surface area contributed by atoms with E-state index in [1.165, 1.54) is 0 Å². The number of hydrogen-bond donors (Lipinski definition) is 2. The molecule has 0 spiro atoms. The maximum Gasteiger partial charge on any atom is 0.327 e. The van der Waals surface area contributed by atoms with Gasteiger partial charge in [-0.3, -0.25) is 0 Å². The zero-order chi connectivity index (χ0) is 15.5. The first-order valence-corrected chi connectivity index (χ1v) is 8.64. The Morgan fingerprint density at radius 1 is 1.38 bits per heavy atom. The fourth-order valence-corrected chi connectivity index (χ4v) is 3.79. The summed E-state index contributed by atoms with van der Waals surface area (Å²) in [5.41, 5.74) is 0.736. The molecule has 116 valence electrons. The summed E-state index contributed by atoms with van der Waals surface area (Å²) in [5.74, 6) is -0.762. The Bertz CT molecular complexity index is 598. The van der Waals surface area contributed by atoms with Crippen LogP contribution in [0.2, 0.25) is 0 Å². The van der Waals surface area contributed by atoms with Gasteiger partial charge in [0.05, 0.1) is 10.6 Å². The van der Waals surface area contributed by atoms with Crippen LogP contribution in [0.5, 0.6) is 0 Å². The van der Waals surface area contributed by atoms with Crippen LogP contribution in [0.1, 0.15) is 13.3 Å². The van der Waals surface area contributed by atoms with Gasteiger partial charge in [0, 0.05) is 25.3 Å². The lowest BCUT2D eigenvalue weighted by Crippen LogP contribution is -2.55. The quantitative estimate of drug-likeness (QED) is 0.834. The van der Waals surface area contributed by atoms with Crippen LogP contribution in [-0.2, 0) is 14.6 Å². The van der Waals surface area contributed by atoms with E-state index in [0.717, 1.165) is 5.69 Å². The second kappa shape index (κ2) is 6.44. The fraction of sp³-hybridized carbons (Fsp3) is 0.500. The lowest BCUT2D eigenvalue weighted by molar-refractivity contribution is -0.138. The molecule has 1 fully saturated rings. The molecule has 0 aliphatic carbocycles. The highest BCUT2D eigenvalue weighted by Crippen LogP contribution is 2.22. The van der Waals surface area contributed by atoms with E-state index in [-0.39, 0.29) is 10.6 Å². The van der Waals surface area contributed by atoms with Crippen LogP contribution in [0.25, 0.3) is 0 Å². The number of nitrogens with zero attached hydrogens (tertiary/aromatic N) is 1. The molecular formula is C14H20N2O4S. The first-order chi connectivity index (χ1) is 9.95. The van der Waals surface area contributed by atoms with Gasteiger partial charge in [-0.05, 0) is 30.7 Å². The number of carboxylic acid groups (broad SMARTS) is 1. The molecular weight excluding hydrogens is 292 g/mol. The topological polar surface area (TPSA) is 86.7 Å². The van der Waals surface area contributed by atoms with E-state index in [0.29, 0.717) is 26.1 Å². The molecule has 2 N–H and O–H groups in total. The molecule has 1 aromatic rings. The predicted octanol–water partition coefficient (Wildman–Crippen LogP) is 0.733. The standard InChI is InChI=1S/C14H20N2O4S/c1-2-9-21(19,20)12-5-3-11(4-6-12)16-8-7-15-10-13(16)14(17)18/h3-6,13,15H,2,7-10H2,1H3,(H,17,18). The minimum Gasteiger partial charge on any atom is -0.480 e. The van der Waals surface area contributed by atoms with Crippen molar-refractivity contribution in [1.29, 1.82) is 0 Å². The van der Waals surface area contributed by atoms with Gasteiger partial charge in [-0.25, -0.2) is 13.2 Å². The zero-order valence-corrected chi connectivity index (χ0v) is 12.8. The summed E-state index contributed by atoms with van der Waals surface area (Å²) >= 11 is 0. The van der Waals surface area contributed by atoms with Crippen molar-refractivity contribution in [2.75, 3.05) is 30.3 Å². The smallest absolute Gasteiger partial charge is 0.327 e. The summed E-state index contributed by atoms with van der Waals surface area (Å²) in [6.07, 6.45) is 0.572. The van der Waals surface area contributed by atoms with Crippen molar-refractivity contribution in [3.05, 3.63) is 24.3 Å². The maximum atomic E-state index is 12.0. The molecule has 1 atom stereocenters. The van der Waals surface area contributed by atoms with Crippen molar-refractivity contribution in [2.45, 2.75) is 24.3 Å². The van der Waals surface area contributed by atoms with Crippen LogP contribution >= 0.6 is 0 Å². The van der Waals surface area contributed by atoms with Crippen LogP contribution in [0.3, 0.4) is 0 Å². The van der Waals surface area contributed by atoms with Crippen molar-refractivity contribution >= 4 is 21.5 Å². The molecule has 0 aromatic heterocycles. The van der Waals surface area contributed by atoms with E-state index in [4.69, 9.17) is 0 Å². The first kappa shape index (κ1) is 15.8. The lowest BCUT2D eigenvalue weighted by Gasteiger charge is -2.35. The number of piperazine rings is 1. The van der Waals surface area contributed by atoms with Crippen molar-refractivity contribution in [3.8, 4) is 0 Å². The van der Waals surface area contributed by atoms with Crippen LogP contribution in [0.4, 0.5) is 5.69 Å². The van der Waals surface area contributed by atoms with Crippen LogP contribution in [0.15, 0.2) is 29.2 Å². The Kier molecular flexibility index (Phi) is 4.84. The van der Waals surface area contributed by atoms with Crippen LogP contribution in [0, 0.1) is 0 Å². The largest absolute Gasteiger partial charge is 0.480 e. The molecule has 1 aliphatic heterocycles. The minimum atomic E-state index is -3.23. The van der Waals surface area contributed by atoms with E-state index in [1.807, 2.05) is 6.92 Å². The summed E-state index contributed by atoms with van der Waals surface area (Å²) in [7, 11) is -3.23. The number of sulfone groups is 1. The summed E-state index contributed by atoms with van der Waals surface area (Å²) in [5, 5.41) is 12.3. The molecule has 6 nitrogen and oxygen atoms in total. The number of nitrogens with one attached hydrogen (secondary N) is 1. The molecule has 0 saturated carbocycles. The van der Waals surface area contributed by atoms with Crippen molar-refractivity contribution in [1.82, 2.24) is 5.32 Å². The zero-order valence-electron chi connectivity index (χ0n) is 11.9. The molecule has 0 amide bonds. The first-order valence-electron chi connectivity index (χ1n) is 6.98. The Morgan fingerprint density at radius 3 is 2.62 bits per heavy atom. The predicted molar refractivity (Wildman–Crippen MR) is 80.4 cm³/mol. The second-order valence-corrected chi connectivity index (χ2v) is 7.17. The summed E-state index contributed by atoms with van der Waals surface area (Å²) in [6, 6.07) is 5.85. The Morgan fingerprint density at radius 2 is 2.05 bits per heavy atom. The minimum absolute atomic E-state index is 0.123. The van der Waals surface area contributed by atoms with E-state index in [9.17, 15) is 18.3 Å². The summed E-state index contributed by atoms with van der Waals surface area (Å²) in [6.45, 7) is 3.49. The van der Waals surface area contributed by atoms with Gasteiger partial charge in [-0.2, -0.15) is 0 Å². The van der Waals surface area contributed by atoms with Crippen LogP contribution < -0.4 is 10.2 Å². The van der Waals surface area contributed by atoms with Gasteiger partial charge in [0.2, 0.25) is 0 Å². The van der Waals surface area contributed by atoms with Gasteiger partial charge in [0.25, 0.3) is 0 Å². The van der Waals surface area contributed by atoms with Gasteiger partial charge in [0.15, 0.2) is 9.84 Å². The highest BCUT2D eigenvalue weighted by atomic mass is 32.2. The van der Waals surface area contributed by atoms with Crippen LogP contribution in [-0.4, -0.2) is 50.9 Å².